The summed E-state index contributed by atoms with van der Waals surface area (Å²) < 4.78 is 15.9. The Morgan fingerprint density at radius 3 is 3.08 bits per heavy atom. The van der Waals surface area contributed by atoms with Crippen molar-refractivity contribution >= 4 is 32.8 Å². The highest BCUT2D eigenvalue weighted by Crippen LogP contribution is 2.26. The first-order valence-corrected chi connectivity index (χ1v) is 10.1. The third-order valence-electron chi connectivity index (χ3n) is 5.33. The standard InChI is InChI=1S/C19H24BrN3O3/c1-25-15-7-8-26-16(10-15)12-22-17-9-13(20)11-21-18(17)23(19(22)24)14-5-3-2-4-6-14/h5,9,11,15-16H,2-4,6-8,10,12H2,1H3/t15-,16+/m0/s1. The molecule has 26 heavy (non-hydrogen) atoms. The molecule has 1 aliphatic heterocycles. The van der Waals surface area contributed by atoms with Crippen LogP contribution in [0.2, 0.25) is 0 Å². The monoisotopic (exact) mass is 421 g/mol. The smallest absolute Gasteiger partial charge is 0.334 e. The van der Waals surface area contributed by atoms with Crippen molar-refractivity contribution in [3.8, 4) is 0 Å². The number of fused-ring (bicyclic) bond motifs is 1. The van der Waals surface area contributed by atoms with Crippen molar-refractivity contribution in [2.45, 2.75) is 57.3 Å². The quantitative estimate of drug-likeness (QED) is 0.756. The van der Waals surface area contributed by atoms with E-state index in [0.717, 1.165) is 53.4 Å². The van der Waals surface area contributed by atoms with E-state index < -0.39 is 0 Å². The SMILES string of the molecule is CO[C@H]1CCO[C@@H](Cn2c(=O)n(C3=CCCCC3)c3ncc(Br)cc32)C1. The van der Waals surface area contributed by atoms with E-state index in [4.69, 9.17) is 9.47 Å². The molecule has 0 N–H and O–H groups in total. The molecule has 2 atom stereocenters. The van der Waals surface area contributed by atoms with Gasteiger partial charge in [-0.05, 0) is 54.1 Å². The van der Waals surface area contributed by atoms with Gasteiger partial charge in [-0.3, -0.25) is 4.57 Å². The highest BCUT2D eigenvalue weighted by atomic mass is 79.9. The first-order valence-electron chi connectivity index (χ1n) is 9.28. The van der Waals surface area contributed by atoms with Crippen LogP contribution in [0.4, 0.5) is 0 Å². The van der Waals surface area contributed by atoms with Crippen molar-refractivity contribution in [3.63, 3.8) is 0 Å². The second kappa shape index (κ2) is 7.66. The van der Waals surface area contributed by atoms with Gasteiger partial charge in [0.1, 0.15) is 0 Å². The third-order valence-corrected chi connectivity index (χ3v) is 5.77. The van der Waals surface area contributed by atoms with E-state index in [1.165, 1.54) is 6.42 Å². The van der Waals surface area contributed by atoms with Gasteiger partial charge in [0.05, 0.1) is 24.3 Å². The molecule has 1 saturated heterocycles. The predicted molar refractivity (Wildman–Crippen MR) is 104 cm³/mol. The van der Waals surface area contributed by atoms with Gasteiger partial charge in [0.15, 0.2) is 5.65 Å². The Morgan fingerprint density at radius 1 is 1.42 bits per heavy atom. The van der Waals surface area contributed by atoms with Crippen LogP contribution in [0.25, 0.3) is 16.9 Å². The van der Waals surface area contributed by atoms with Crippen LogP contribution >= 0.6 is 15.9 Å². The van der Waals surface area contributed by atoms with Crippen LogP contribution in [-0.4, -0.2) is 40.0 Å². The summed E-state index contributed by atoms with van der Waals surface area (Å²) in [5.41, 5.74) is 2.62. The van der Waals surface area contributed by atoms with Crippen molar-refractivity contribution in [3.05, 3.63) is 33.3 Å². The van der Waals surface area contributed by atoms with Crippen molar-refractivity contribution in [1.82, 2.24) is 14.1 Å². The van der Waals surface area contributed by atoms with E-state index in [1.54, 1.807) is 17.9 Å². The molecule has 0 spiro atoms. The lowest BCUT2D eigenvalue weighted by atomic mass is 10.0. The largest absolute Gasteiger partial charge is 0.381 e. The summed E-state index contributed by atoms with van der Waals surface area (Å²) in [6, 6.07) is 1.97. The number of rotatable bonds is 4. The van der Waals surface area contributed by atoms with E-state index >= 15 is 0 Å². The lowest BCUT2D eigenvalue weighted by Crippen LogP contribution is -2.36. The van der Waals surface area contributed by atoms with Gasteiger partial charge in [0.2, 0.25) is 0 Å². The molecule has 0 unspecified atom stereocenters. The molecule has 1 aliphatic carbocycles. The molecule has 0 radical (unpaired) electrons. The van der Waals surface area contributed by atoms with Crippen LogP contribution in [0.3, 0.4) is 0 Å². The first kappa shape index (κ1) is 17.9. The summed E-state index contributed by atoms with van der Waals surface area (Å²) in [5, 5.41) is 0. The van der Waals surface area contributed by atoms with Crippen LogP contribution in [0.1, 0.15) is 38.5 Å². The summed E-state index contributed by atoms with van der Waals surface area (Å²) in [5.74, 6) is 0. The Morgan fingerprint density at radius 2 is 2.31 bits per heavy atom. The molecule has 4 rings (SSSR count). The maximum Gasteiger partial charge on any atom is 0.334 e. The number of nitrogens with zero attached hydrogens (tertiary/aromatic N) is 3. The predicted octanol–water partition coefficient (Wildman–Crippen LogP) is 3.57. The van der Waals surface area contributed by atoms with Gasteiger partial charge in [0.25, 0.3) is 0 Å². The number of hydrogen-bond acceptors (Lipinski definition) is 4. The number of aromatic nitrogens is 3. The minimum absolute atomic E-state index is 0.0234. The zero-order valence-corrected chi connectivity index (χ0v) is 16.6. The van der Waals surface area contributed by atoms with E-state index in [-0.39, 0.29) is 17.9 Å². The fourth-order valence-corrected chi connectivity index (χ4v) is 4.28. The van der Waals surface area contributed by atoms with Crippen LogP contribution in [0.5, 0.6) is 0 Å². The van der Waals surface area contributed by atoms with E-state index in [2.05, 4.69) is 27.0 Å². The summed E-state index contributed by atoms with van der Waals surface area (Å²) in [6.45, 7) is 1.19. The zero-order chi connectivity index (χ0) is 18.1. The molecule has 0 saturated carbocycles. The van der Waals surface area contributed by atoms with Crippen molar-refractivity contribution in [2.24, 2.45) is 0 Å². The molecule has 0 bridgehead atoms. The number of ether oxygens (including phenoxy) is 2. The van der Waals surface area contributed by atoms with E-state index in [1.807, 2.05) is 10.6 Å². The number of pyridine rings is 1. The lowest BCUT2D eigenvalue weighted by molar-refractivity contribution is -0.0638. The zero-order valence-electron chi connectivity index (χ0n) is 15.0. The number of hydrogen-bond donors (Lipinski definition) is 0. The minimum atomic E-state index is -0.0260. The molecular weight excluding hydrogens is 398 g/mol. The summed E-state index contributed by atoms with van der Waals surface area (Å²) in [6.07, 6.45) is 10.1. The number of imidazole rings is 1. The topological polar surface area (TPSA) is 58.3 Å². The lowest BCUT2D eigenvalue weighted by Gasteiger charge is -2.28. The molecular formula is C19H24BrN3O3. The van der Waals surface area contributed by atoms with Crippen LogP contribution in [0.15, 0.2) is 27.6 Å². The molecule has 140 valence electrons. The second-order valence-corrected chi connectivity index (χ2v) is 7.96. The van der Waals surface area contributed by atoms with Gasteiger partial charge >= 0.3 is 5.69 Å². The average molecular weight is 422 g/mol. The average Bonchev–Trinajstić information content (AvgIpc) is 2.94. The van der Waals surface area contributed by atoms with Crippen LogP contribution < -0.4 is 5.69 Å². The molecule has 7 heteroatoms. The Bertz CT molecular complexity index is 886. The molecule has 0 amide bonds. The summed E-state index contributed by atoms with van der Waals surface area (Å²) in [4.78, 5) is 17.8. The van der Waals surface area contributed by atoms with Gasteiger partial charge in [0, 0.05) is 36.5 Å². The Labute approximate surface area is 160 Å². The maximum atomic E-state index is 13.3. The normalized spacial score (nSPS) is 24.0. The molecule has 6 nitrogen and oxygen atoms in total. The molecule has 2 aromatic rings. The summed E-state index contributed by atoms with van der Waals surface area (Å²) in [7, 11) is 1.74. The fraction of sp³-hybridized carbons (Fsp3) is 0.579. The van der Waals surface area contributed by atoms with Crippen molar-refractivity contribution in [1.29, 1.82) is 0 Å². The highest BCUT2D eigenvalue weighted by Gasteiger charge is 2.26. The minimum Gasteiger partial charge on any atom is -0.381 e. The van der Waals surface area contributed by atoms with Gasteiger partial charge in [-0.2, -0.15) is 0 Å². The van der Waals surface area contributed by atoms with Crippen molar-refractivity contribution < 1.29 is 9.47 Å². The Balaban J connectivity index is 1.76. The van der Waals surface area contributed by atoms with Crippen molar-refractivity contribution in [2.75, 3.05) is 13.7 Å². The van der Waals surface area contributed by atoms with E-state index in [0.29, 0.717) is 13.2 Å². The highest BCUT2D eigenvalue weighted by molar-refractivity contribution is 9.10. The maximum absolute atomic E-state index is 13.3. The van der Waals surface area contributed by atoms with Crippen LogP contribution in [-0.2, 0) is 16.0 Å². The second-order valence-electron chi connectivity index (χ2n) is 7.04. The van der Waals surface area contributed by atoms with Gasteiger partial charge in [-0.1, -0.05) is 6.08 Å². The van der Waals surface area contributed by atoms with Gasteiger partial charge in [-0.15, -0.1) is 0 Å². The third kappa shape index (κ3) is 3.40. The van der Waals surface area contributed by atoms with Crippen LogP contribution in [0, 0.1) is 0 Å². The Hall–Kier alpha value is -1.44. The number of allylic oxidation sites excluding steroid dienone is 2. The number of methoxy groups -OCH3 is 1. The molecule has 2 aromatic heterocycles. The number of halogens is 1. The first-order chi connectivity index (χ1) is 12.7. The van der Waals surface area contributed by atoms with Gasteiger partial charge in [-0.25, -0.2) is 14.3 Å². The molecule has 1 fully saturated rings. The molecule has 3 heterocycles. The van der Waals surface area contributed by atoms with Gasteiger partial charge < -0.3 is 9.47 Å². The fourth-order valence-electron chi connectivity index (χ4n) is 3.96. The van der Waals surface area contributed by atoms with E-state index in [9.17, 15) is 4.79 Å². The Kier molecular flexibility index (Phi) is 5.29. The molecule has 0 aromatic carbocycles. The summed E-state index contributed by atoms with van der Waals surface area (Å²) >= 11 is 3.49. The molecule has 2 aliphatic rings.